The van der Waals surface area contributed by atoms with Crippen LogP contribution in [0.4, 0.5) is 0 Å². The van der Waals surface area contributed by atoms with Crippen molar-refractivity contribution in [3.8, 4) is 17.2 Å². The minimum absolute atomic E-state index is 0.0829. The van der Waals surface area contributed by atoms with Crippen LogP contribution < -0.4 is 15.0 Å². The lowest BCUT2D eigenvalue weighted by molar-refractivity contribution is 0.230. The Bertz CT molecular complexity index is 1180. The second-order valence-corrected chi connectivity index (χ2v) is 9.13. The van der Waals surface area contributed by atoms with Crippen molar-refractivity contribution < 1.29 is 9.47 Å². The van der Waals surface area contributed by atoms with Gasteiger partial charge in [0.15, 0.2) is 11.5 Å². The summed E-state index contributed by atoms with van der Waals surface area (Å²) in [5.74, 6) is 1.93. The summed E-state index contributed by atoms with van der Waals surface area (Å²) in [5.41, 5.74) is 1.34. The Labute approximate surface area is 210 Å². The molecule has 3 heterocycles. The van der Waals surface area contributed by atoms with Gasteiger partial charge in [-0.25, -0.2) is 4.98 Å². The van der Waals surface area contributed by atoms with E-state index >= 15 is 0 Å². The van der Waals surface area contributed by atoms with E-state index in [2.05, 4.69) is 9.88 Å². The second kappa shape index (κ2) is 13.3. The molecular formula is C26H32ClN3O3S. The SMILES string of the molecule is C/C=C/c1cc2ncn(-c3ccc(OCCN4CCCC4)c(OC)c3)c(=O)c2s1.C/C=C\CCl. The van der Waals surface area contributed by atoms with E-state index in [-0.39, 0.29) is 5.56 Å². The molecule has 0 bridgehead atoms. The number of nitrogens with zero attached hydrogens (tertiary/aromatic N) is 3. The van der Waals surface area contributed by atoms with Crippen LogP contribution in [0, 0.1) is 0 Å². The molecule has 0 aliphatic carbocycles. The number of allylic oxidation sites excluding steroid dienone is 3. The van der Waals surface area contributed by atoms with E-state index in [0.717, 1.165) is 30.0 Å². The zero-order valence-corrected chi connectivity index (χ0v) is 21.6. The highest BCUT2D eigenvalue weighted by Gasteiger charge is 2.14. The van der Waals surface area contributed by atoms with Crippen LogP contribution in [0.5, 0.6) is 11.5 Å². The van der Waals surface area contributed by atoms with Gasteiger partial charge in [-0.05, 0) is 64.1 Å². The Morgan fingerprint density at radius 2 is 1.94 bits per heavy atom. The average molecular weight is 502 g/mol. The number of rotatable bonds is 8. The molecule has 1 fully saturated rings. The predicted octanol–water partition coefficient (Wildman–Crippen LogP) is 5.76. The summed E-state index contributed by atoms with van der Waals surface area (Å²) < 4.78 is 13.6. The second-order valence-electron chi connectivity index (χ2n) is 7.74. The first-order chi connectivity index (χ1) is 16.6. The van der Waals surface area contributed by atoms with Crippen LogP contribution in [0.15, 0.2) is 53.6 Å². The molecule has 6 nitrogen and oxygen atoms in total. The zero-order chi connectivity index (χ0) is 24.3. The van der Waals surface area contributed by atoms with Gasteiger partial charge in [0.25, 0.3) is 5.56 Å². The van der Waals surface area contributed by atoms with Gasteiger partial charge in [0.1, 0.15) is 17.6 Å². The molecule has 0 radical (unpaired) electrons. The maximum Gasteiger partial charge on any atom is 0.275 e. The Balaban J connectivity index is 0.000000588. The molecule has 0 N–H and O–H groups in total. The summed E-state index contributed by atoms with van der Waals surface area (Å²) in [6, 6.07) is 7.47. The van der Waals surface area contributed by atoms with Gasteiger partial charge in [-0.1, -0.05) is 18.2 Å². The number of fused-ring (bicyclic) bond motifs is 1. The fraction of sp³-hybridized carbons (Fsp3) is 0.385. The highest BCUT2D eigenvalue weighted by molar-refractivity contribution is 7.19. The largest absolute Gasteiger partial charge is 0.493 e. The fourth-order valence-electron chi connectivity index (χ4n) is 3.67. The number of methoxy groups -OCH3 is 1. The number of hydrogen-bond acceptors (Lipinski definition) is 6. The number of hydrogen-bond donors (Lipinski definition) is 0. The molecule has 8 heteroatoms. The Kier molecular flexibility index (Phi) is 10.2. The maximum absolute atomic E-state index is 13.0. The number of halogens is 1. The monoisotopic (exact) mass is 501 g/mol. The summed E-state index contributed by atoms with van der Waals surface area (Å²) in [7, 11) is 1.61. The van der Waals surface area contributed by atoms with E-state index in [1.54, 1.807) is 18.0 Å². The Hall–Kier alpha value is -2.61. The first-order valence-corrected chi connectivity index (χ1v) is 12.8. The third-order valence-corrected chi connectivity index (χ3v) is 6.66. The minimum atomic E-state index is -0.0829. The van der Waals surface area contributed by atoms with Gasteiger partial charge in [0, 0.05) is 23.4 Å². The molecule has 34 heavy (non-hydrogen) atoms. The van der Waals surface area contributed by atoms with Gasteiger partial charge in [-0.2, -0.15) is 0 Å². The number of benzene rings is 1. The van der Waals surface area contributed by atoms with Crippen LogP contribution in [0.1, 0.15) is 31.6 Å². The summed E-state index contributed by atoms with van der Waals surface area (Å²) in [4.78, 5) is 20.9. The molecular weight excluding hydrogens is 470 g/mol. The van der Waals surface area contributed by atoms with Crippen molar-refractivity contribution in [1.82, 2.24) is 14.5 Å². The third-order valence-electron chi connectivity index (χ3n) is 5.40. The van der Waals surface area contributed by atoms with Crippen molar-refractivity contribution in [3.63, 3.8) is 0 Å². The normalized spacial score (nSPS) is 14.1. The van der Waals surface area contributed by atoms with Crippen molar-refractivity contribution in [1.29, 1.82) is 0 Å². The van der Waals surface area contributed by atoms with Crippen LogP contribution in [0.25, 0.3) is 22.0 Å². The highest BCUT2D eigenvalue weighted by Crippen LogP contribution is 2.30. The quantitative estimate of drug-likeness (QED) is 0.290. The van der Waals surface area contributed by atoms with Gasteiger partial charge in [-0.15, -0.1) is 22.9 Å². The van der Waals surface area contributed by atoms with E-state index in [4.69, 9.17) is 21.1 Å². The number of alkyl halides is 1. The molecule has 4 rings (SSSR count). The smallest absolute Gasteiger partial charge is 0.275 e. The molecule has 182 valence electrons. The zero-order valence-electron chi connectivity index (χ0n) is 20.0. The fourth-order valence-corrected chi connectivity index (χ4v) is 4.86. The molecule has 0 saturated carbocycles. The van der Waals surface area contributed by atoms with Gasteiger partial charge < -0.3 is 9.47 Å². The highest BCUT2D eigenvalue weighted by atomic mass is 35.5. The molecule has 1 aromatic carbocycles. The predicted molar refractivity (Wildman–Crippen MR) is 143 cm³/mol. The number of thiophene rings is 1. The molecule has 1 aliphatic heterocycles. The Morgan fingerprint density at radius 3 is 2.59 bits per heavy atom. The Morgan fingerprint density at radius 1 is 1.15 bits per heavy atom. The number of likely N-dealkylation sites (tertiary alicyclic amines) is 1. The summed E-state index contributed by atoms with van der Waals surface area (Å²) in [6.07, 6.45) is 11.9. The first kappa shape index (κ1) is 26.0. The molecule has 0 unspecified atom stereocenters. The van der Waals surface area contributed by atoms with E-state index in [9.17, 15) is 4.79 Å². The molecule has 0 spiro atoms. The molecule has 0 amide bonds. The molecule has 1 saturated heterocycles. The lowest BCUT2D eigenvalue weighted by Gasteiger charge is -2.17. The standard InChI is InChI=1S/C22H25N3O3S.C4H7Cl/c1-3-6-17-14-18-21(29-17)22(26)25(15-23-18)16-7-8-19(20(13-16)27-2)28-12-11-24-9-4-5-10-24;1-2-3-4-5/h3,6-8,13-15H,4-5,9-12H2,1-2H3;2-3H,4H2,1H3/b6-3+;3-2-. The average Bonchev–Trinajstić information content (AvgIpc) is 3.51. The van der Waals surface area contributed by atoms with Crippen LogP contribution >= 0.6 is 22.9 Å². The van der Waals surface area contributed by atoms with E-state index < -0.39 is 0 Å². The van der Waals surface area contributed by atoms with Crippen molar-refractivity contribution >= 4 is 39.2 Å². The third kappa shape index (κ3) is 6.72. The van der Waals surface area contributed by atoms with Crippen molar-refractivity contribution in [2.24, 2.45) is 0 Å². The number of aromatic nitrogens is 2. The van der Waals surface area contributed by atoms with Crippen molar-refractivity contribution in [2.45, 2.75) is 26.7 Å². The van der Waals surface area contributed by atoms with Crippen molar-refractivity contribution in [3.05, 3.63) is 64.1 Å². The van der Waals surface area contributed by atoms with Crippen molar-refractivity contribution in [2.75, 3.05) is 39.2 Å². The summed E-state index contributed by atoms with van der Waals surface area (Å²) in [6.45, 7) is 7.73. The molecule has 2 aromatic heterocycles. The lowest BCUT2D eigenvalue weighted by atomic mass is 10.2. The molecule has 1 aliphatic rings. The minimum Gasteiger partial charge on any atom is -0.493 e. The van der Waals surface area contributed by atoms with E-state index in [0.29, 0.717) is 34.4 Å². The van der Waals surface area contributed by atoms with Gasteiger partial charge in [-0.3, -0.25) is 14.3 Å². The van der Waals surface area contributed by atoms with Gasteiger partial charge >= 0.3 is 0 Å². The number of ether oxygens (including phenoxy) is 2. The van der Waals surface area contributed by atoms with Crippen LogP contribution in [-0.2, 0) is 0 Å². The van der Waals surface area contributed by atoms with E-state index in [1.165, 1.54) is 24.2 Å². The summed E-state index contributed by atoms with van der Waals surface area (Å²) in [5, 5.41) is 0. The van der Waals surface area contributed by atoms with E-state index in [1.807, 2.05) is 62.4 Å². The summed E-state index contributed by atoms with van der Waals surface area (Å²) >= 11 is 6.67. The van der Waals surface area contributed by atoms with Gasteiger partial charge in [0.05, 0.1) is 18.3 Å². The lowest BCUT2D eigenvalue weighted by Crippen LogP contribution is -2.25. The molecule has 3 aromatic rings. The maximum atomic E-state index is 13.0. The van der Waals surface area contributed by atoms with Crippen LogP contribution in [0.2, 0.25) is 0 Å². The first-order valence-electron chi connectivity index (χ1n) is 11.5. The van der Waals surface area contributed by atoms with Gasteiger partial charge in [0.2, 0.25) is 0 Å². The van der Waals surface area contributed by atoms with Crippen LogP contribution in [-0.4, -0.2) is 53.7 Å². The topological polar surface area (TPSA) is 56.6 Å². The van der Waals surface area contributed by atoms with Crippen LogP contribution in [0.3, 0.4) is 0 Å². The molecule has 0 atom stereocenters.